The van der Waals surface area contributed by atoms with Crippen LogP contribution in [0, 0.1) is 0 Å². The van der Waals surface area contributed by atoms with Crippen LogP contribution < -0.4 is 5.32 Å². The second-order valence-electron chi connectivity index (χ2n) is 5.06. The van der Waals surface area contributed by atoms with Gasteiger partial charge in [-0.25, -0.2) is 0 Å². The van der Waals surface area contributed by atoms with Crippen molar-refractivity contribution in [1.82, 2.24) is 10.3 Å². The molecule has 0 unspecified atom stereocenters. The van der Waals surface area contributed by atoms with Crippen molar-refractivity contribution in [2.45, 2.75) is 44.1 Å². The molecule has 18 heavy (non-hydrogen) atoms. The third-order valence-corrected chi connectivity index (χ3v) is 3.63. The molecule has 1 saturated carbocycles. The number of carbonyl (C=O) groups excluding carboxylic acids is 1. The van der Waals surface area contributed by atoms with Gasteiger partial charge in [0.2, 0.25) is 5.91 Å². The molecule has 1 fully saturated rings. The summed E-state index contributed by atoms with van der Waals surface area (Å²) in [4.78, 5) is 15.9. The Morgan fingerprint density at radius 3 is 2.83 bits per heavy atom. The number of nitrogens with one attached hydrogen (secondary N) is 1. The van der Waals surface area contributed by atoms with E-state index < -0.39 is 0 Å². The first-order valence-corrected chi connectivity index (χ1v) is 6.55. The zero-order valence-electron chi connectivity index (χ0n) is 10.6. The van der Waals surface area contributed by atoms with E-state index in [1.165, 1.54) is 0 Å². The van der Waals surface area contributed by atoms with Crippen molar-refractivity contribution in [2.24, 2.45) is 0 Å². The Morgan fingerprint density at radius 2 is 2.22 bits per heavy atom. The van der Waals surface area contributed by atoms with E-state index in [1.807, 2.05) is 12.1 Å². The van der Waals surface area contributed by atoms with Crippen molar-refractivity contribution in [3.63, 3.8) is 0 Å². The van der Waals surface area contributed by atoms with Crippen LogP contribution >= 0.6 is 0 Å². The van der Waals surface area contributed by atoms with Gasteiger partial charge in [0.15, 0.2) is 0 Å². The third-order valence-electron chi connectivity index (χ3n) is 3.63. The number of amides is 1. The Kier molecular flexibility index (Phi) is 4.31. The molecule has 1 aromatic heterocycles. The van der Waals surface area contributed by atoms with Crippen molar-refractivity contribution < 1.29 is 9.90 Å². The summed E-state index contributed by atoms with van der Waals surface area (Å²) in [5.74, 6) is 0.0230. The minimum absolute atomic E-state index is 0.0230. The maximum atomic E-state index is 11.9. The fourth-order valence-corrected chi connectivity index (χ4v) is 2.54. The molecule has 0 aromatic carbocycles. The van der Waals surface area contributed by atoms with Gasteiger partial charge in [-0.05, 0) is 30.9 Å². The number of hydrogen-bond donors (Lipinski definition) is 2. The average Bonchev–Trinajstić information content (AvgIpc) is 2.87. The monoisotopic (exact) mass is 248 g/mol. The van der Waals surface area contributed by atoms with Gasteiger partial charge in [-0.1, -0.05) is 18.9 Å². The zero-order chi connectivity index (χ0) is 12.8. The first-order chi connectivity index (χ1) is 8.74. The van der Waals surface area contributed by atoms with Gasteiger partial charge in [0.1, 0.15) is 0 Å². The van der Waals surface area contributed by atoms with E-state index in [-0.39, 0.29) is 18.1 Å². The number of pyridine rings is 1. The lowest BCUT2D eigenvalue weighted by Crippen LogP contribution is -2.49. The highest BCUT2D eigenvalue weighted by Crippen LogP contribution is 2.29. The summed E-state index contributed by atoms with van der Waals surface area (Å²) in [5, 5.41) is 12.4. The average molecular weight is 248 g/mol. The number of aliphatic hydroxyl groups excluding tert-OH is 1. The van der Waals surface area contributed by atoms with Crippen LogP contribution in [-0.2, 0) is 11.2 Å². The number of aryl methyl sites for hydroxylation is 1. The minimum Gasteiger partial charge on any atom is -0.394 e. The smallest absolute Gasteiger partial charge is 0.220 e. The Morgan fingerprint density at radius 1 is 1.44 bits per heavy atom. The molecule has 1 aliphatic carbocycles. The second-order valence-corrected chi connectivity index (χ2v) is 5.06. The molecule has 0 aliphatic heterocycles. The minimum atomic E-state index is -0.355. The van der Waals surface area contributed by atoms with Crippen molar-refractivity contribution in [2.75, 3.05) is 6.61 Å². The molecule has 0 spiro atoms. The summed E-state index contributed by atoms with van der Waals surface area (Å²) in [7, 11) is 0. The first-order valence-electron chi connectivity index (χ1n) is 6.55. The van der Waals surface area contributed by atoms with Crippen LogP contribution in [0.5, 0.6) is 0 Å². The highest BCUT2D eigenvalue weighted by atomic mass is 16.3. The van der Waals surface area contributed by atoms with Crippen LogP contribution in [0.1, 0.15) is 37.7 Å². The van der Waals surface area contributed by atoms with E-state index in [4.69, 9.17) is 0 Å². The van der Waals surface area contributed by atoms with Crippen molar-refractivity contribution in [3.05, 3.63) is 30.1 Å². The molecular formula is C14H20N2O2. The molecule has 1 aliphatic rings. The van der Waals surface area contributed by atoms with Gasteiger partial charge in [-0.2, -0.15) is 0 Å². The van der Waals surface area contributed by atoms with Gasteiger partial charge in [0, 0.05) is 18.8 Å². The molecule has 1 amide bonds. The molecule has 0 bridgehead atoms. The normalized spacial score (nSPS) is 17.6. The molecule has 0 atom stereocenters. The molecule has 2 N–H and O–H groups in total. The van der Waals surface area contributed by atoms with E-state index in [1.54, 1.807) is 12.4 Å². The van der Waals surface area contributed by atoms with Gasteiger partial charge in [0.25, 0.3) is 0 Å². The van der Waals surface area contributed by atoms with Crippen molar-refractivity contribution in [1.29, 1.82) is 0 Å². The first kappa shape index (κ1) is 13.0. The third kappa shape index (κ3) is 3.29. The quantitative estimate of drug-likeness (QED) is 0.828. The van der Waals surface area contributed by atoms with Crippen LogP contribution in [-0.4, -0.2) is 28.1 Å². The molecule has 1 aromatic rings. The van der Waals surface area contributed by atoms with Crippen LogP contribution in [0.4, 0.5) is 0 Å². The van der Waals surface area contributed by atoms with E-state index in [2.05, 4.69) is 10.3 Å². The van der Waals surface area contributed by atoms with Crippen molar-refractivity contribution in [3.8, 4) is 0 Å². The molecule has 0 radical (unpaired) electrons. The Bertz CT molecular complexity index is 386. The van der Waals surface area contributed by atoms with Gasteiger partial charge >= 0.3 is 0 Å². The fourth-order valence-electron chi connectivity index (χ4n) is 2.54. The molecule has 98 valence electrons. The highest BCUT2D eigenvalue weighted by Gasteiger charge is 2.34. The van der Waals surface area contributed by atoms with Gasteiger partial charge in [-0.3, -0.25) is 9.78 Å². The number of hydrogen-bond acceptors (Lipinski definition) is 3. The summed E-state index contributed by atoms with van der Waals surface area (Å²) in [6.45, 7) is 0.0473. The highest BCUT2D eigenvalue weighted by molar-refractivity contribution is 5.77. The molecule has 4 heteroatoms. The number of nitrogens with zero attached hydrogens (tertiary/aromatic N) is 1. The lowest BCUT2D eigenvalue weighted by molar-refractivity contribution is -0.123. The van der Waals surface area contributed by atoms with Crippen LogP contribution in [0.25, 0.3) is 0 Å². The number of aromatic nitrogens is 1. The van der Waals surface area contributed by atoms with Gasteiger partial charge in [0.05, 0.1) is 12.1 Å². The summed E-state index contributed by atoms with van der Waals surface area (Å²) in [6.07, 6.45) is 8.61. The summed E-state index contributed by atoms with van der Waals surface area (Å²) in [6, 6.07) is 3.84. The van der Waals surface area contributed by atoms with Crippen LogP contribution in [0.2, 0.25) is 0 Å². The Balaban J connectivity index is 1.82. The summed E-state index contributed by atoms with van der Waals surface area (Å²) in [5.41, 5.74) is 0.712. The maximum Gasteiger partial charge on any atom is 0.220 e. The van der Waals surface area contributed by atoms with Gasteiger partial charge < -0.3 is 10.4 Å². The number of aliphatic hydroxyl groups is 1. The lowest BCUT2D eigenvalue weighted by Gasteiger charge is -2.28. The molecule has 2 rings (SSSR count). The van der Waals surface area contributed by atoms with Crippen LogP contribution in [0.3, 0.4) is 0 Å². The second kappa shape index (κ2) is 5.96. The van der Waals surface area contributed by atoms with Crippen molar-refractivity contribution >= 4 is 5.91 Å². The SMILES string of the molecule is O=C(CCc1cccnc1)NC1(CO)CCCC1. The Labute approximate surface area is 107 Å². The number of carbonyl (C=O) groups is 1. The number of rotatable bonds is 5. The fraction of sp³-hybridized carbons (Fsp3) is 0.571. The largest absolute Gasteiger partial charge is 0.394 e. The van der Waals surface area contributed by atoms with Gasteiger partial charge in [-0.15, -0.1) is 0 Å². The molecule has 1 heterocycles. The predicted octanol–water partition coefficient (Wildman–Crippen LogP) is 1.44. The summed E-state index contributed by atoms with van der Waals surface area (Å²) >= 11 is 0. The molecule has 0 saturated heterocycles. The predicted molar refractivity (Wildman–Crippen MR) is 69.0 cm³/mol. The van der Waals surface area contributed by atoms with E-state index in [0.717, 1.165) is 31.2 Å². The summed E-state index contributed by atoms with van der Waals surface area (Å²) < 4.78 is 0. The van der Waals surface area contributed by atoms with E-state index in [0.29, 0.717) is 12.8 Å². The topological polar surface area (TPSA) is 62.2 Å². The molecule has 4 nitrogen and oxygen atoms in total. The van der Waals surface area contributed by atoms with Crippen LogP contribution in [0.15, 0.2) is 24.5 Å². The van der Waals surface area contributed by atoms with E-state index in [9.17, 15) is 9.90 Å². The molecular weight excluding hydrogens is 228 g/mol. The Hall–Kier alpha value is -1.42. The van der Waals surface area contributed by atoms with E-state index >= 15 is 0 Å². The standard InChI is InChI=1S/C14H20N2O2/c17-11-14(7-1-2-8-14)16-13(18)6-5-12-4-3-9-15-10-12/h3-4,9-10,17H,1-2,5-8,11H2,(H,16,18). The lowest BCUT2D eigenvalue weighted by atomic mass is 9.98. The zero-order valence-corrected chi connectivity index (χ0v) is 10.6. The maximum absolute atomic E-state index is 11.9.